The number of benzene rings is 1. The third-order valence-electron chi connectivity index (χ3n) is 3.44. The number of hydrogen-bond acceptors (Lipinski definition) is 1. The van der Waals surface area contributed by atoms with Gasteiger partial charge in [-0.25, -0.2) is 4.39 Å². The van der Waals surface area contributed by atoms with Gasteiger partial charge in [-0.15, -0.1) is 0 Å². The molecule has 0 amide bonds. The van der Waals surface area contributed by atoms with Gasteiger partial charge in [0.1, 0.15) is 11.6 Å². The van der Waals surface area contributed by atoms with Gasteiger partial charge in [-0.05, 0) is 48.4 Å². The molecule has 1 aliphatic rings. The summed E-state index contributed by atoms with van der Waals surface area (Å²) >= 11 is 0. The largest absolute Gasteiger partial charge is 0.490 e. The average Bonchev–Trinajstić information content (AvgIpc) is 2.11. The summed E-state index contributed by atoms with van der Waals surface area (Å²) in [6.45, 7) is 6.81. The van der Waals surface area contributed by atoms with Crippen molar-refractivity contribution >= 4 is 0 Å². The van der Waals surface area contributed by atoms with Crippen LogP contribution in [0.25, 0.3) is 0 Å². The standard InChI is InChI=1S/C14H19FO/c1-14(2,3)10-8-13(9-10)16-12-6-4-11(15)5-7-12/h4-7,10,13H,8-9H2,1-3H3/t10-,13-. The summed E-state index contributed by atoms with van der Waals surface area (Å²) in [7, 11) is 0. The highest BCUT2D eigenvalue weighted by Crippen LogP contribution is 2.42. The lowest BCUT2D eigenvalue weighted by atomic mass is 9.67. The zero-order chi connectivity index (χ0) is 11.8. The van der Waals surface area contributed by atoms with E-state index in [1.54, 1.807) is 12.1 Å². The summed E-state index contributed by atoms with van der Waals surface area (Å²) in [6, 6.07) is 6.27. The molecule has 0 atom stereocenters. The van der Waals surface area contributed by atoms with E-state index in [4.69, 9.17) is 4.74 Å². The lowest BCUT2D eigenvalue weighted by Gasteiger charge is -2.43. The highest BCUT2D eigenvalue weighted by atomic mass is 19.1. The van der Waals surface area contributed by atoms with E-state index in [2.05, 4.69) is 20.8 Å². The fraction of sp³-hybridized carbons (Fsp3) is 0.571. The maximum atomic E-state index is 12.7. The topological polar surface area (TPSA) is 9.23 Å². The minimum absolute atomic E-state index is 0.214. The van der Waals surface area contributed by atoms with Gasteiger partial charge in [0.25, 0.3) is 0 Å². The Hall–Kier alpha value is -1.05. The average molecular weight is 222 g/mol. The first-order valence-corrected chi connectivity index (χ1v) is 5.87. The van der Waals surface area contributed by atoms with Gasteiger partial charge in [-0.1, -0.05) is 20.8 Å². The molecule has 0 N–H and O–H groups in total. The Morgan fingerprint density at radius 1 is 1.12 bits per heavy atom. The Morgan fingerprint density at radius 3 is 2.19 bits per heavy atom. The zero-order valence-electron chi connectivity index (χ0n) is 10.2. The number of ether oxygens (including phenoxy) is 1. The van der Waals surface area contributed by atoms with E-state index >= 15 is 0 Å². The van der Waals surface area contributed by atoms with Crippen molar-refractivity contribution in [3.63, 3.8) is 0 Å². The molecule has 0 spiro atoms. The number of hydrogen-bond donors (Lipinski definition) is 0. The molecule has 0 unspecified atom stereocenters. The third-order valence-corrected chi connectivity index (χ3v) is 3.44. The van der Waals surface area contributed by atoms with Crippen molar-refractivity contribution in [2.45, 2.75) is 39.7 Å². The summed E-state index contributed by atoms with van der Waals surface area (Å²) in [4.78, 5) is 0. The molecule has 0 heterocycles. The van der Waals surface area contributed by atoms with E-state index in [1.165, 1.54) is 12.1 Å². The van der Waals surface area contributed by atoms with E-state index in [0.29, 0.717) is 11.5 Å². The zero-order valence-corrected chi connectivity index (χ0v) is 10.2. The quantitative estimate of drug-likeness (QED) is 0.734. The van der Waals surface area contributed by atoms with Crippen molar-refractivity contribution in [2.75, 3.05) is 0 Å². The van der Waals surface area contributed by atoms with Crippen LogP contribution < -0.4 is 4.74 Å². The van der Waals surface area contributed by atoms with Crippen molar-refractivity contribution in [3.05, 3.63) is 30.1 Å². The minimum atomic E-state index is -0.214. The SMILES string of the molecule is CC(C)(C)[C@H]1C[C@H](Oc2ccc(F)cc2)C1. The molecular formula is C14H19FO. The van der Waals surface area contributed by atoms with E-state index in [0.717, 1.165) is 24.5 Å². The van der Waals surface area contributed by atoms with Gasteiger partial charge in [0, 0.05) is 0 Å². The highest BCUT2D eigenvalue weighted by Gasteiger charge is 2.38. The smallest absolute Gasteiger partial charge is 0.123 e. The van der Waals surface area contributed by atoms with Crippen LogP contribution >= 0.6 is 0 Å². The Labute approximate surface area is 96.6 Å². The first-order valence-electron chi connectivity index (χ1n) is 5.87. The van der Waals surface area contributed by atoms with Crippen molar-refractivity contribution in [3.8, 4) is 5.75 Å². The molecule has 1 nitrogen and oxygen atoms in total. The van der Waals surface area contributed by atoms with Crippen LogP contribution in [-0.2, 0) is 0 Å². The summed E-state index contributed by atoms with van der Waals surface area (Å²) < 4.78 is 18.4. The monoisotopic (exact) mass is 222 g/mol. The van der Waals surface area contributed by atoms with Crippen LogP contribution in [0.2, 0.25) is 0 Å². The summed E-state index contributed by atoms with van der Waals surface area (Å²) in [6.07, 6.45) is 2.54. The van der Waals surface area contributed by atoms with Crippen LogP contribution in [0.3, 0.4) is 0 Å². The maximum Gasteiger partial charge on any atom is 0.123 e. The number of rotatable bonds is 2. The molecule has 0 bridgehead atoms. The molecule has 2 rings (SSSR count). The lowest BCUT2D eigenvalue weighted by molar-refractivity contribution is 0.00729. The molecule has 0 saturated heterocycles. The van der Waals surface area contributed by atoms with Crippen LogP contribution in [0, 0.1) is 17.2 Å². The molecule has 2 heteroatoms. The molecule has 1 aromatic carbocycles. The minimum Gasteiger partial charge on any atom is -0.490 e. The Morgan fingerprint density at radius 2 is 1.69 bits per heavy atom. The van der Waals surface area contributed by atoms with E-state index in [9.17, 15) is 4.39 Å². The highest BCUT2D eigenvalue weighted by molar-refractivity contribution is 5.22. The predicted molar refractivity (Wildman–Crippen MR) is 63.0 cm³/mol. The Kier molecular flexibility index (Phi) is 2.92. The van der Waals surface area contributed by atoms with E-state index in [1.807, 2.05) is 0 Å². The molecule has 1 saturated carbocycles. The van der Waals surface area contributed by atoms with Crippen molar-refractivity contribution in [1.29, 1.82) is 0 Å². The van der Waals surface area contributed by atoms with Gasteiger partial charge in [-0.2, -0.15) is 0 Å². The first kappa shape index (κ1) is 11.4. The van der Waals surface area contributed by atoms with Crippen molar-refractivity contribution in [1.82, 2.24) is 0 Å². The van der Waals surface area contributed by atoms with Crippen LogP contribution in [0.5, 0.6) is 5.75 Å². The summed E-state index contributed by atoms with van der Waals surface area (Å²) in [5.41, 5.74) is 0.378. The molecule has 1 aromatic rings. The Bertz CT molecular complexity index is 344. The lowest BCUT2D eigenvalue weighted by Crippen LogP contribution is -2.40. The fourth-order valence-electron chi connectivity index (χ4n) is 2.07. The molecule has 1 fully saturated rings. The van der Waals surface area contributed by atoms with Crippen LogP contribution in [-0.4, -0.2) is 6.10 Å². The van der Waals surface area contributed by atoms with Crippen LogP contribution in [0.1, 0.15) is 33.6 Å². The number of halogens is 1. The molecule has 1 aliphatic carbocycles. The van der Waals surface area contributed by atoms with Gasteiger partial charge >= 0.3 is 0 Å². The Balaban J connectivity index is 1.84. The van der Waals surface area contributed by atoms with Crippen LogP contribution in [0.15, 0.2) is 24.3 Å². The molecule has 0 aliphatic heterocycles. The maximum absolute atomic E-state index is 12.7. The van der Waals surface area contributed by atoms with E-state index in [-0.39, 0.29) is 5.82 Å². The second-order valence-electron chi connectivity index (χ2n) is 5.73. The molecule has 88 valence electrons. The van der Waals surface area contributed by atoms with Crippen molar-refractivity contribution in [2.24, 2.45) is 11.3 Å². The van der Waals surface area contributed by atoms with Crippen LogP contribution in [0.4, 0.5) is 4.39 Å². The van der Waals surface area contributed by atoms with Crippen molar-refractivity contribution < 1.29 is 9.13 Å². The van der Waals surface area contributed by atoms with Gasteiger partial charge in [0.2, 0.25) is 0 Å². The predicted octanol–water partition coefficient (Wildman–Crippen LogP) is 4.03. The van der Waals surface area contributed by atoms with E-state index < -0.39 is 0 Å². The summed E-state index contributed by atoms with van der Waals surface area (Å²) in [5, 5.41) is 0. The molecular weight excluding hydrogens is 203 g/mol. The molecule has 16 heavy (non-hydrogen) atoms. The fourth-order valence-corrected chi connectivity index (χ4v) is 2.07. The second kappa shape index (κ2) is 4.08. The normalized spacial score (nSPS) is 25.0. The van der Waals surface area contributed by atoms with Gasteiger partial charge in [0.05, 0.1) is 6.10 Å². The van der Waals surface area contributed by atoms with Gasteiger partial charge < -0.3 is 4.74 Å². The second-order valence-corrected chi connectivity index (χ2v) is 5.73. The third kappa shape index (κ3) is 2.55. The summed E-state index contributed by atoms with van der Waals surface area (Å²) in [5.74, 6) is 1.31. The van der Waals surface area contributed by atoms with Gasteiger partial charge in [0.15, 0.2) is 0 Å². The molecule has 0 radical (unpaired) electrons. The molecule has 0 aromatic heterocycles. The first-order chi connectivity index (χ1) is 7.45. The van der Waals surface area contributed by atoms with Gasteiger partial charge in [-0.3, -0.25) is 0 Å².